The SMILES string of the molecule is CCCCCCCCC/C=C\CCCCCCCCCC(=O)OC(COC(=O)CCCCCCCCC)COP(=O)(O)OCC(O)CO. The van der Waals surface area contributed by atoms with E-state index in [0.717, 1.165) is 44.9 Å². The van der Waals surface area contributed by atoms with Crippen LogP contribution < -0.4 is 0 Å². The Balaban J connectivity index is 4.25. The number of unbranched alkanes of at least 4 members (excludes halogenated alkanes) is 20. The van der Waals surface area contributed by atoms with E-state index in [2.05, 4.69) is 30.5 Å². The Bertz CT molecular complexity index is 822. The van der Waals surface area contributed by atoms with Gasteiger partial charge in [-0.3, -0.25) is 18.6 Å². The lowest BCUT2D eigenvalue weighted by molar-refractivity contribution is -0.161. The molecule has 0 aliphatic rings. The first-order valence-electron chi connectivity index (χ1n) is 19.1. The molecule has 0 aromatic carbocycles. The zero-order valence-electron chi connectivity index (χ0n) is 30.5. The van der Waals surface area contributed by atoms with Gasteiger partial charge in [-0.25, -0.2) is 4.57 Å². The smallest absolute Gasteiger partial charge is 0.462 e. The third kappa shape index (κ3) is 33.2. The number of phosphoric acid groups is 1. The fraction of sp³-hybridized carbons (Fsp3) is 0.892. The second kappa shape index (κ2) is 34.2. The van der Waals surface area contributed by atoms with Crippen LogP contribution in [0.4, 0.5) is 0 Å². The Morgan fingerprint density at radius 3 is 1.50 bits per heavy atom. The molecule has 0 aliphatic heterocycles. The number of carbonyl (C=O) groups excluding carboxylic acids is 2. The van der Waals surface area contributed by atoms with E-state index in [9.17, 15) is 24.2 Å². The van der Waals surface area contributed by atoms with Gasteiger partial charge in [0.1, 0.15) is 12.7 Å². The van der Waals surface area contributed by atoms with E-state index in [1.54, 1.807) is 0 Å². The predicted molar refractivity (Wildman–Crippen MR) is 192 cm³/mol. The zero-order chi connectivity index (χ0) is 35.6. The molecule has 0 heterocycles. The van der Waals surface area contributed by atoms with Gasteiger partial charge in [-0.2, -0.15) is 0 Å². The Morgan fingerprint density at radius 1 is 0.604 bits per heavy atom. The number of aliphatic hydroxyl groups is 2. The van der Waals surface area contributed by atoms with Gasteiger partial charge < -0.3 is 24.6 Å². The van der Waals surface area contributed by atoms with Crippen LogP contribution in [-0.4, -0.2) is 65.7 Å². The molecule has 3 unspecified atom stereocenters. The molecule has 0 saturated heterocycles. The molecular formula is C37H71O10P. The molecule has 0 rings (SSSR count). The van der Waals surface area contributed by atoms with E-state index in [1.165, 1.54) is 89.9 Å². The molecule has 0 radical (unpaired) electrons. The molecule has 0 aliphatic carbocycles. The Labute approximate surface area is 292 Å². The van der Waals surface area contributed by atoms with E-state index in [0.29, 0.717) is 12.8 Å². The molecule has 0 bridgehead atoms. The summed E-state index contributed by atoms with van der Waals surface area (Å²) < 4.78 is 32.5. The number of hydrogen-bond donors (Lipinski definition) is 3. The van der Waals surface area contributed by atoms with Gasteiger partial charge in [0.2, 0.25) is 0 Å². The van der Waals surface area contributed by atoms with Gasteiger partial charge in [-0.05, 0) is 38.5 Å². The quantitative estimate of drug-likeness (QED) is 0.0249. The lowest BCUT2D eigenvalue weighted by Crippen LogP contribution is -2.29. The number of allylic oxidation sites excluding steroid dienone is 2. The minimum Gasteiger partial charge on any atom is -0.462 e. The normalized spacial score (nSPS) is 14.2. The van der Waals surface area contributed by atoms with Crippen molar-refractivity contribution < 1.29 is 47.8 Å². The third-order valence-corrected chi connectivity index (χ3v) is 9.12. The molecule has 3 N–H and O–H groups in total. The van der Waals surface area contributed by atoms with Gasteiger partial charge in [0.25, 0.3) is 0 Å². The largest absolute Gasteiger partial charge is 0.472 e. The summed E-state index contributed by atoms with van der Waals surface area (Å²) in [6.45, 7) is 2.32. The first-order chi connectivity index (χ1) is 23.2. The number of carbonyl (C=O) groups is 2. The van der Waals surface area contributed by atoms with E-state index >= 15 is 0 Å². The maximum absolute atomic E-state index is 12.5. The van der Waals surface area contributed by atoms with E-state index < -0.39 is 51.8 Å². The van der Waals surface area contributed by atoms with Crippen LogP contribution in [0, 0.1) is 0 Å². The van der Waals surface area contributed by atoms with Gasteiger partial charge in [0, 0.05) is 12.8 Å². The highest BCUT2D eigenvalue weighted by Crippen LogP contribution is 2.43. The van der Waals surface area contributed by atoms with E-state index in [4.69, 9.17) is 19.1 Å². The van der Waals surface area contributed by atoms with Crippen molar-refractivity contribution in [2.75, 3.05) is 26.4 Å². The molecule has 0 amide bonds. The topological polar surface area (TPSA) is 149 Å². The summed E-state index contributed by atoms with van der Waals surface area (Å²) in [5.41, 5.74) is 0. The third-order valence-electron chi connectivity index (χ3n) is 8.17. The fourth-order valence-electron chi connectivity index (χ4n) is 5.16. The second-order valence-corrected chi connectivity index (χ2v) is 14.4. The van der Waals surface area contributed by atoms with Crippen LogP contribution in [0.5, 0.6) is 0 Å². The Kier molecular flexibility index (Phi) is 33.3. The average Bonchev–Trinajstić information content (AvgIpc) is 3.07. The van der Waals surface area contributed by atoms with Gasteiger partial charge in [-0.1, -0.05) is 135 Å². The highest BCUT2D eigenvalue weighted by Gasteiger charge is 2.27. The molecule has 0 aromatic rings. The van der Waals surface area contributed by atoms with Crippen molar-refractivity contribution in [1.82, 2.24) is 0 Å². The van der Waals surface area contributed by atoms with Crippen LogP contribution in [0.15, 0.2) is 12.2 Å². The molecule has 0 spiro atoms. The summed E-state index contributed by atoms with van der Waals surface area (Å²) in [7, 11) is -4.60. The summed E-state index contributed by atoms with van der Waals surface area (Å²) in [6.07, 6.45) is 29.2. The number of phosphoric ester groups is 1. The minimum absolute atomic E-state index is 0.183. The summed E-state index contributed by atoms with van der Waals surface area (Å²) >= 11 is 0. The van der Waals surface area contributed by atoms with Crippen molar-refractivity contribution in [1.29, 1.82) is 0 Å². The fourth-order valence-corrected chi connectivity index (χ4v) is 5.95. The first-order valence-corrected chi connectivity index (χ1v) is 20.6. The van der Waals surface area contributed by atoms with Gasteiger partial charge >= 0.3 is 19.8 Å². The van der Waals surface area contributed by atoms with Crippen LogP contribution >= 0.6 is 7.82 Å². The maximum atomic E-state index is 12.5. The minimum atomic E-state index is -4.60. The summed E-state index contributed by atoms with van der Waals surface area (Å²) in [4.78, 5) is 34.6. The summed E-state index contributed by atoms with van der Waals surface area (Å²) in [6, 6.07) is 0. The Hall–Kier alpha value is -1.29. The van der Waals surface area contributed by atoms with Crippen molar-refractivity contribution >= 4 is 19.8 Å². The van der Waals surface area contributed by atoms with Crippen molar-refractivity contribution in [3.05, 3.63) is 12.2 Å². The molecule has 0 saturated carbocycles. The Morgan fingerprint density at radius 2 is 1.02 bits per heavy atom. The first kappa shape index (κ1) is 46.7. The van der Waals surface area contributed by atoms with Crippen molar-refractivity contribution in [2.24, 2.45) is 0 Å². The van der Waals surface area contributed by atoms with Crippen LogP contribution in [-0.2, 0) is 32.7 Å². The van der Waals surface area contributed by atoms with Crippen LogP contribution in [0.2, 0.25) is 0 Å². The molecule has 3 atom stereocenters. The molecule has 0 aromatic heterocycles. The number of esters is 2. The summed E-state index contributed by atoms with van der Waals surface area (Å²) in [5, 5.41) is 18.2. The average molecular weight is 707 g/mol. The number of hydrogen-bond acceptors (Lipinski definition) is 9. The van der Waals surface area contributed by atoms with Crippen LogP contribution in [0.25, 0.3) is 0 Å². The van der Waals surface area contributed by atoms with Crippen LogP contribution in [0.1, 0.15) is 174 Å². The monoisotopic (exact) mass is 706 g/mol. The van der Waals surface area contributed by atoms with Crippen molar-refractivity contribution in [2.45, 2.75) is 187 Å². The standard InChI is InChI=1S/C37H71O10P/c1-3-5-7-9-11-12-13-14-15-16-17-18-19-20-21-23-25-27-29-37(41)47-35(33-46-48(42,43)45-31-34(39)30-38)32-44-36(40)28-26-24-22-10-8-6-4-2/h15-16,34-35,38-39H,3-14,17-33H2,1-2H3,(H,42,43)/b16-15-. The highest BCUT2D eigenvalue weighted by molar-refractivity contribution is 7.47. The molecule has 284 valence electrons. The van der Waals surface area contributed by atoms with Gasteiger partial charge in [0.15, 0.2) is 6.10 Å². The van der Waals surface area contributed by atoms with Gasteiger partial charge in [-0.15, -0.1) is 0 Å². The second-order valence-electron chi connectivity index (χ2n) is 13.0. The zero-order valence-corrected chi connectivity index (χ0v) is 31.4. The summed E-state index contributed by atoms with van der Waals surface area (Å²) in [5.74, 6) is -0.932. The van der Waals surface area contributed by atoms with E-state index in [1.807, 2.05) is 0 Å². The lowest BCUT2D eigenvalue weighted by Gasteiger charge is -2.20. The molecule has 10 nitrogen and oxygen atoms in total. The van der Waals surface area contributed by atoms with Crippen molar-refractivity contribution in [3.8, 4) is 0 Å². The molecule has 0 fully saturated rings. The molecule has 11 heteroatoms. The maximum Gasteiger partial charge on any atom is 0.472 e. The number of ether oxygens (including phenoxy) is 2. The molecular weight excluding hydrogens is 635 g/mol. The number of aliphatic hydroxyl groups excluding tert-OH is 2. The van der Waals surface area contributed by atoms with Gasteiger partial charge in [0.05, 0.1) is 19.8 Å². The lowest BCUT2D eigenvalue weighted by atomic mass is 10.1. The highest BCUT2D eigenvalue weighted by atomic mass is 31.2. The number of rotatable bonds is 36. The predicted octanol–water partition coefficient (Wildman–Crippen LogP) is 9.28. The van der Waals surface area contributed by atoms with Crippen molar-refractivity contribution in [3.63, 3.8) is 0 Å². The van der Waals surface area contributed by atoms with Crippen LogP contribution in [0.3, 0.4) is 0 Å². The molecule has 48 heavy (non-hydrogen) atoms. The van der Waals surface area contributed by atoms with E-state index in [-0.39, 0.29) is 19.4 Å².